The van der Waals surface area contributed by atoms with Gasteiger partial charge in [0.25, 0.3) is 5.91 Å². The topological polar surface area (TPSA) is 73.4 Å². The second-order valence-electron chi connectivity index (χ2n) is 5.58. The largest absolute Gasteiger partial charge is 0.507 e. The van der Waals surface area contributed by atoms with Crippen molar-refractivity contribution in [3.8, 4) is 5.75 Å². The highest BCUT2D eigenvalue weighted by Crippen LogP contribution is 2.23. The molecule has 0 aliphatic heterocycles. The van der Waals surface area contributed by atoms with Gasteiger partial charge in [0, 0.05) is 11.1 Å². The smallest absolute Gasteiger partial charge is 0.273 e. The first kappa shape index (κ1) is 16.8. The monoisotopic (exact) mass is 341 g/mol. The fourth-order valence-electron chi connectivity index (χ4n) is 2.61. The number of benzene rings is 1. The van der Waals surface area contributed by atoms with Crippen LogP contribution in [0.5, 0.6) is 5.75 Å². The van der Waals surface area contributed by atoms with Crippen molar-refractivity contribution in [2.45, 2.75) is 38.6 Å². The molecule has 1 saturated carbocycles. The number of rotatable bonds is 2. The molecule has 1 aliphatic carbocycles. The number of hydrazine groups is 1. The van der Waals surface area contributed by atoms with Crippen molar-refractivity contribution >= 4 is 34.8 Å². The van der Waals surface area contributed by atoms with E-state index in [9.17, 15) is 9.90 Å². The van der Waals surface area contributed by atoms with Crippen molar-refractivity contribution < 1.29 is 9.90 Å². The summed E-state index contributed by atoms with van der Waals surface area (Å²) in [6.45, 7) is 2.20. The zero-order valence-electron chi connectivity index (χ0n) is 12.4. The molecule has 7 heteroatoms. The van der Waals surface area contributed by atoms with Gasteiger partial charge in [-0.25, -0.2) is 0 Å². The van der Waals surface area contributed by atoms with Gasteiger partial charge in [-0.15, -0.1) is 0 Å². The molecule has 1 fully saturated rings. The predicted molar refractivity (Wildman–Crippen MR) is 90.9 cm³/mol. The Morgan fingerprint density at radius 3 is 2.77 bits per heavy atom. The molecule has 2 atom stereocenters. The fraction of sp³-hybridized carbons (Fsp3) is 0.467. The van der Waals surface area contributed by atoms with Crippen LogP contribution in [0, 0.1) is 5.92 Å². The quantitative estimate of drug-likeness (QED) is 0.492. The highest BCUT2D eigenvalue weighted by atomic mass is 35.5. The lowest BCUT2D eigenvalue weighted by Crippen LogP contribution is -2.51. The Bertz CT molecular complexity index is 568. The van der Waals surface area contributed by atoms with Gasteiger partial charge in [0.05, 0.1) is 5.56 Å². The molecule has 5 nitrogen and oxygen atoms in total. The molecular weight excluding hydrogens is 322 g/mol. The number of carbonyl (C=O) groups excluding carboxylic acids is 1. The SMILES string of the molecule is C[C@H]1CCCC[C@@H]1NC(=S)NNC(=O)c1cc(Cl)ccc1O. The first-order valence-electron chi connectivity index (χ1n) is 7.32. The van der Waals surface area contributed by atoms with Gasteiger partial charge < -0.3 is 10.4 Å². The predicted octanol–water partition coefficient (Wildman–Crippen LogP) is 2.73. The molecule has 0 spiro atoms. The Kier molecular flexibility index (Phi) is 5.85. The van der Waals surface area contributed by atoms with Crippen LogP contribution in [-0.4, -0.2) is 22.2 Å². The van der Waals surface area contributed by atoms with E-state index < -0.39 is 5.91 Å². The summed E-state index contributed by atoms with van der Waals surface area (Å²) >= 11 is 11.0. The van der Waals surface area contributed by atoms with Crippen molar-refractivity contribution in [1.29, 1.82) is 0 Å². The average Bonchev–Trinajstić information content (AvgIpc) is 2.49. The van der Waals surface area contributed by atoms with Gasteiger partial charge >= 0.3 is 0 Å². The van der Waals surface area contributed by atoms with E-state index >= 15 is 0 Å². The van der Waals surface area contributed by atoms with E-state index in [0.717, 1.165) is 6.42 Å². The maximum atomic E-state index is 12.0. The van der Waals surface area contributed by atoms with Gasteiger partial charge in [-0.2, -0.15) is 0 Å². The molecule has 1 amide bonds. The standard InChI is InChI=1S/C15H20ClN3O2S/c1-9-4-2-3-5-12(9)17-15(22)19-18-14(21)11-8-10(16)6-7-13(11)20/h6-9,12,20H,2-5H2,1H3,(H,18,21)(H2,17,19,22)/t9-,12-/m0/s1. The molecule has 1 aliphatic rings. The van der Waals surface area contributed by atoms with Crippen molar-refractivity contribution in [1.82, 2.24) is 16.2 Å². The van der Waals surface area contributed by atoms with Crippen molar-refractivity contribution in [3.05, 3.63) is 28.8 Å². The summed E-state index contributed by atoms with van der Waals surface area (Å²) in [7, 11) is 0. The van der Waals surface area contributed by atoms with E-state index in [2.05, 4.69) is 23.1 Å². The van der Waals surface area contributed by atoms with Crippen LogP contribution < -0.4 is 16.2 Å². The lowest BCUT2D eigenvalue weighted by molar-refractivity contribution is 0.0940. The van der Waals surface area contributed by atoms with E-state index in [-0.39, 0.29) is 11.3 Å². The first-order chi connectivity index (χ1) is 10.5. The summed E-state index contributed by atoms with van der Waals surface area (Å²) in [4.78, 5) is 12.0. The van der Waals surface area contributed by atoms with Crippen LogP contribution in [0.4, 0.5) is 0 Å². The number of carbonyl (C=O) groups is 1. The number of phenols is 1. The Labute approximate surface area is 140 Å². The molecular formula is C15H20ClN3O2S. The van der Waals surface area contributed by atoms with Crippen LogP contribution in [0.15, 0.2) is 18.2 Å². The second-order valence-corrected chi connectivity index (χ2v) is 6.43. The molecule has 0 aromatic heterocycles. The average molecular weight is 342 g/mol. The Balaban J connectivity index is 1.85. The van der Waals surface area contributed by atoms with Gasteiger partial charge in [-0.1, -0.05) is 31.4 Å². The molecule has 0 bridgehead atoms. The number of aromatic hydroxyl groups is 1. The summed E-state index contributed by atoms with van der Waals surface area (Å²) in [5.74, 6) is -0.0782. The Hall–Kier alpha value is -1.53. The molecule has 2 rings (SSSR count). The van der Waals surface area contributed by atoms with Gasteiger partial charge in [0.15, 0.2) is 5.11 Å². The van der Waals surface area contributed by atoms with Crippen LogP contribution in [0.2, 0.25) is 5.02 Å². The lowest BCUT2D eigenvalue weighted by atomic mass is 9.86. The zero-order valence-corrected chi connectivity index (χ0v) is 13.9. The molecule has 0 heterocycles. The van der Waals surface area contributed by atoms with Crippen molar-refractivity contribution in [2.75, 3.05) is 0 Å². The Morgan fingerprint density at radius 2 is 2.05 bits per heavy atom. The van der Waals surface area contributed by atoms with Gasteiger partial charge in [0.2, 0.25) is 0 Å². The maximum absolute atomic E-state index is 12.0. The molecule has 4 N–H and O–H groups in total. The number of halogens is 1. The zero-order chi connectivity index (χ0) is 16.1. The number of phenolic OH excluding ortho intramolecular Hbond substituents is 1. The first-order valence-corrected chi connectivity index (χ1v) is 8.11. The highest BCUT2D eigenvalue weighted by molar-refractivity contribution is 7.80. The van der Waals surface area contributed by atoms with E-state index in [0.29, 0.717) is 22.1 Å². The van der Waals surface area contributed by atoms with Crippen LogP contribution in [-0.2, 0) is 0 Å². The number of thiocarbonyl (C=S) groups is 1. The molecule has 1 aromatic carbocycles. The molecule has 120 valence electrons. The van der Waals surface area contributed by atoms with Crippen molar-refractivity contribution in [3.63, 3.8) is 0 Å². The minimum absolute atomic E-state index is 0.0915. The van der Waals surface area contributed by atoms with Crippen molar-refractivity contribution in [2.24, 2.45) is 5.92 Å². The number of amides is 1. The van der Waals surface area contributed by atoms with E-state index in [1.54, 1.807) is 0 Å². The molecule has 0 saturated heterocycles. The Morgan fingerprint density at radius 1 is 1.32 bits per heavy atom. The summed E-state index contributed by atoms with van der Waals surface area (Å²) in [6, 6.07) is 4.60. The van der Waals surface area contributed by atoms with Gasteiger partial charge in [0.1, 0.15) is 5.75 Å². The van der Waals surface area contributed by atoms with E-state index in [1.807, 2.05) is 0 Å². The summed E-state index contributed by atoms with van der Waals surface area (Å²) in [5, 5.41) is 13.6. The van der Waals surface area contributed by atoms with Crippen LogP contribution in [0.1, 0.15) is 43.0 Å². The minimum atomic E-state index is -0.499. The normalized spacial score (nSPS) is 21.0. The molecule has 0 radical (unpaired) electrons. The fourth-order valence-corrected chi connectivity index (χ4v) is 2.98. The van der Waals surface area contributed by atoms with Gasteiger partial charge in [-0.3, -0.25) is 15.6 Å². The summed E-state index contributed by atoms with van der Waals surface area (Å²) in [5.41, 5.74) is 5.21. The lowest BCUT2D eigenvalue weighted by Gasteiger charge is -2.30. The second kappa shape index (κ2) is 7.65. The minimum Gasteiger partial charge on any atom is -0.507 e. The van der Waals surface area contributed by atoms with E-state index in [1.165, 1.54) is 37.5 Å². The number of hydrogen-bond donors (Lipinski definition) is 4. The summed E-state index contributed by atoms with van der Waals surface area (Å²) in [6.07, 6.45) is 4.70. The molecule has 1 aromatic rings. The number of hydrogen-bond acceptors (Lipinski definition) is 3. The van der Waals surface area contributed by atoms with Gasteiger partial charge in [-0.05, 0) is 49.2 Å². The van der Waals surface area contributed by atoms with Crippen LogP contribution in [0.3, 0.4) is 0 Å². The third-order valence-electron chi connectivity index (χ3n) is 3.92. The number of nitrogens with one attached hydrogen (secondary N) is 3. The van der Waals surface area contributed by atoms with E-state index in [4.69, 9.17) is 23.8 Å². The van der Waals surface area contributed by atoms with Crippen LogP contribution in [0.25, 0.3) is 0 Å². The third kappa shape index (κ3) is 4.48. The highest BCUT2D eigenvalue weighted by Gasteiger charge is 2.21. The third-order valence-corrected chi connectivity index (χ3v) is 4.38. The van der Waals surface area contributed by atoms with Crippen LogP contribution >= 0.6 is 23.8 Å². The molecule has 22 heavy (non-hydrogen) atoms. The maximum Gasteiger partial charge on any atom is 0.273 e. The molecule has 0 unspecified atom stereocenters. The summed E-state index contributed by atoms with van der Waals surface area (Å²) < 4.78 is 0.